The third kappa shape index (κ3) is 11.5. The van der Waals surface area contributed by atoms with Gasteiger partial charge in [-0.15, -0.1) is 5.10 Å². The van der Waals surface area contributed by atoms with Crippen molar-refractivity contribution in [2.45, 2.75) is 85.3 Å². The van der Waals surface area contributed by atoms with Crippen molar-refractivity contribution in [1.82, 2.24) is 29.9 Å². The van der Waals surface area contributed by atoms with Crippen molar-refractivity contribution in [3.63, 3.8) is 0 Å². The lowest BCUT2D eigenvalue weighted by Gasteiger charge is -2.34. The van der Waals surface area contributed by atoms with Gasteiger partial charge in [0.05, 0.1) is 39.2 Å². The largest absolute Gasteiger partial charge is 0.485 e. The summed E-state index contributed by atoms with van der Waals surface area (Å²) in [5, 5.41) is 24.1. The third-order valence-electron chi connectivity index (χ3n) is 9.74. The predicted molar refractivity (Wildman–Crippen MR) is 217 cm³/mol. The van der Waals surface area contributed by atoms with Gasteiger partial charge >= 0.3 is 0 Å². The van der Waals surface area contributed by atoms with Crippen molar-refractivity contribution in [3.8, 4) is 52.1 Å². The maximum absolute atomic E-state index is 11.6. The van der Waals surface area contributed by atoms with Crippen molar-refractivity contribution in [1.29, 1.82) is 0 Å². The molecular weight excluding hydrogens is 815 g/mol. The van der Waals surface area contributed by atoms with E-state index >= 15 is 0 Å². The van der Waals surface area contributed by atoms with Crippen LogP contribution in [0.5, 0.6) is 5.75 Å². The van der Waals surface area contributed by atoms with Crippen LogP contribution in [0.25, 0.3) is 22.6 Å². The van der Waals surface area contributed by atoms with Gasteiger partial charge in [0.2, 0.25) is 25.7 Å². The van der Waals surface area contributed by atoms with Gasteiger partial charge in [0.25, 0.3) is 0 Å². The average molecular weight is 865 g/mol. The molecule has 0 spiro atoms. The van der Waals surface area contributed by atoms with Gasteiger partial charge in [-0.1, -0.05) is 63.5 Å². The number of hydrogen-bond acceptors (Lipinski definition) is 13. The molecule has 3 fully saturated rings. The fourth-order valence-corrected chi connectivity index (χ4v) is 7.11. The molecule has 4 N–H and O–H groups in total. The van der Waals surface area contributed by atoms with Gasteiger partial charge < -0.3 is 23.7 Å². The number of hydrogen-bond donors (Lipinski definition) is 2. The lowest BCUT2D eigenvalue weighted by Crippen LogP contribution is -2.51. The summed E-state index contributed by atoms with van der Waals surface area (Å²) in [6, 6.07) is 7.16. The molecule has 7 rings (SSSR count). The molecule has 20 heteroatoms. The highest BCUT2D eigenvalue weighted by Crippen LogP contribution is 2.41. The summed E-state index contributed by atoms with van der Waals surface area (Å²) in [4.78, 5) is 6.52. The van der Waals surface area contributed by atoms with Crippen LogP contribution in [0.3, 0.4) is 0 Å². The number of benzene rings is 1. The zero-order valence-electron chi connectivity index (χ0n) is 34.2. The lowest BCUT2D eigenvalue weighted by molar-refractivity contribution is -0.791. The molecule has 0 bridgehead atoms. The molecule has 60 heavy (non-hydrogen) atoms. The number of sulfonamides is 2. The van der Waals surface area contributed by atoms with E-state index in [-0.39, 0.29) is 23.0 Å². The molecule has 2 unspecified atom stereocenters. The summed E-state index contributed by atoms with van der Waals surface area (Å²) < 4.78 is 80.2. The molecule has 4 aromatic rings. The molecule has 1 saturated carbocycles. The van der Waals surface area contributed by atoms with Crippen LogP contribution in [-0.4, -0.2) is 103 Å². The first-order valence-corrected chi connectivity index (χ1v) is 22.9. The molecule has 3 aliphatic rings. The topological polar surface area (TPSA) is 232 Å². The monoisotopic (exact) mass is 864 g/mol. The SMILES string of the molecule is CCc1cc(C#CCS(N)(=O)=O)ccc1-c1c[n+](CC2OCC(C)(C)CO2)n(C2CC2Oc2cc(C#CCS(N)(=O)=O)cnc2-c2cn(CC3OCC(C)(C)CO3)nn2)n1. The summed E-state index contributed by atoms with van der Waals surface area (Å²) in [7, 11) is -7.51. The fourth-order valence-electron chi connectivity index (χ4n) is 6.56. The summed E-state index contributed by atoms with van der Waals surface area (Å²) >= 11 is 0. The molecule has 0 radical (unpaired) electrons. The first-order valence-electron chi connectivity index (χ1n) is 19.5. The Morgan fingerprint density at radius 1 is 0.883 bits per heavy atom. The molecule has 0 amide bonds. The minimum Gasteiger partial charge on any atom is -0.485 e. The smallest absolute Gasteiger partial charge is 0.249 e. The van der Waals surface area contributed by atoms with Crippen molar-refractivity contribution in [2.75, 3.05) is 37.9 Å². The number of rotatable bonds is 12. The lowest BCUT2D eigenvalue weighted by atomic mass is 9.96. The second-order valence-electron chi connectivity index (χ2n) is 16.8. The van der Waals surface area contributed by atoms with Crippen LogP contribution in [0.15, 0.2) is 42.9 Å². The zero-order chi connectivity index (χ0) is 42.9. The molecule has 2 saturated heterocycles. The number of nitrogens with two attached hydrogens (primary N) is 2. The van der Waals surface area contributed by atoms with Gasteiger partial charge in [0.15, 0.2) is 31.4 Å². The van der Waals surface area contributed by atoms with E-state index in [1.165, 1.54) is 6.20 Å². The fraction of sp³-hybridized carbons (Fsp3) is 0.525. The van der Waals surface area contributed by atoms with E-state index in [0.29, 0.717) is 86.3 Å². The number of nitrogens with zero attached hydrogens (tertiary/aromatic N) is 7. The van der Waals surface area contributed by atoms with Crippen molar-refractivity contribution < 1.29 is 45.2 Å². The van der Waals surface area contributed by atoms with Gasteiger partial charge in [-0.3, -0.25) is 0 Å². The highest BCUT2D eigenvalue weighted by Gasteiger charge is 2.49. The Labute approximate surface area is 349 Å². The molecular formula is C40H50N9O9S2+. The molecule has 320 valence electrons. The molecule has 18 nitrogen and oxygen atoms in total. The molecule has 1 aliphatic carbocycles. The van der Waals surface area contributed by atoms with E-state index < -0.39 is 44.1 Å². The van der Waals surface area contributed by atoms with E-state index in [2.05, 4.69) is 66.7 Å². The van der Waals surface area contributed by atoms with Gasteiger partial charge in [0.1, 0.15) is 34.7 Å². The van der Waals surface area contributed by atoms with Crippen molar-refractivity contribution >= 4 is 20.0 Å². The number of pyridine rings is 1. The summed E-state index contributed by atoms with van der Waals surface area (Å²) in [6.07, 6.45) is 5.13. The second-order valence-corrected chi connectivity index (χ2v) is 20.0. The maximum atomic E-state index is 11.6. The Hall–Kier alpha value is -4.77. The quantitative estimate of drug-likeness (QED) is 0.152. The number of aryl methyl sites for hydroxylation is 1. The molecule has 2 atom stereocenters. The van der Waals surface area contributed by atoms with E-state index in [4.69, 9.17) is 39.1 Å². The maximum Gasteiger partial charge on any atom is 0.249 e. The van der Waals surface area contributed by atoms with Crippen LogP contribution in [0.1, 0.15) is 63.8 Å². The van der Waals surface area contributed by atoms with Crippen molar-refractivity contribution in [2.24, 2.45) is 21.1 Å². The Balaban J connectivity index is 1.17. The van der Waals surface area contributed by atoms with Gasteiger partial charge in [-0.2, -0.15) is 4.68 Å². The molecule has 5 heterocycles. The number of ether oxygens (including phenoxy) is 5. The van der Waals surface area contributed by atoms with Crippen LogP contribution in [0.4, 0.5) is 0 Å². The predicted octanol–water partition coefficient (Wildman–Crippen LogP) is 1.52. The summed E-state index contributed by atoms with van der Waals surface area (Å²) in [5.74, 6) is 10.3. The van der Waals surface area contributed by atoms with Gasteiger partial charge in [-0.25, -0.2) is 36.8 Å². The number of aromatic nitrogens is 7. The normalized spacial score (nSPS) is 20.4. The Morgan fingerprint density at radius 2 is 1.52 bits per heavy atom. The Kier molecular flexibility index (Phi) is 12.5. The first kappa shape index (κ1) is 43.3. The van der Waals surface area contributed by atoms with E-state index in [1.807, 2.05) is 40.8 Å². The Morgan fingerprint density at radius 3 is 2.15 bits per heavy atom. The molecule has 3 aromatic heterocycles. The third-order valence-corrected chi connectivity index (χ3v) is 10.8. The number of primary sulfonamides is 2. The highest BCUT2D eigenvalue weighted by molar-refractivity contribution is 7.89. The van der Waals surface area contributed by atoms with E-state index in [0.717, 1.165) is 11.1 Å². The highest BCUT2D eigenvalue weighted by atomic mass is 32.2. The minimum absolute atomic E-state index is 0.0774. The van der Waals surface area contributed by atoms with Crippen molar-refractivity contribution in [3.05, 3.63) is 59.5 Å². The van der Waals surface area contributed by atoms with E-state index in [9.17, 15) is 16.8 Å². The van der Waals surface area contributed by atoms with Crippen LogP contribution in [0.2, 0.25) is 0 Å². The van der Waals surface area contributed by atoms with Crippen LogP contribution in [-0.2, 0) is 58.5 Å². The minimum atomic E-state index is -3.80. The molecule has 2 aliphatic heterocycles. The zero-order valence-corrected chi connectivity index (χ0v) is 35.8. The molecule has 1 aromatic carbocycles. The summed E-state index contributed by atoms with van der Waals surface area (Å²) in [6.45, 7) is 13.2. The van der Waals surface area contributed by atoms with Gasteiger partial charge in [-0.05, 0) is 41.0 Å². The summed E-state index contributed by atoms with van der Waals surface area (Å²) in [5.41, 5.74) is 4.32. The Bertz CT molecular complexity index is 2570. The van der Waals surface area contributed by atoms with Crippen LogP contribution >= 0.6 is 0 Å². The first-order chi connectivity index (χ1) is 28.3. The average Bonchev–Trinajstić information content (AvgIpc) is 3.55. The van der Waals surface area contributed by atoms with E-state index in [1.54, 1.807) is 16.9 Å². The second kappa shape index (κ2) is 17.3. The van der Waals surface area contributed by atoms with Crippen LogP contribution < -0.4 is 19.7 Å². The van der Waals surface area contributed by atoms with Crippen LogP contribution in [0, 0.1) is 34.5 Å². The van der Waals surface area contributed by atoms with Gasteiger partial charge in [0, 0.05) is 45.2 Å². The standard InChI is InChI=1S/C40H50N9O9S2/c1-6-29-15-27(9-7-13-59(41,50)51)11-12-30(29)31-20-48(22-37-56-25-40(4,5)26-57-37)49(45-31)33-17-34(33)58-35-16-28(10-8-14-60(42,52)53)18-43-38(35)32-19-47(46-44-32)21-36-54-23-39(2,3)24-55-36/h11-12,15-16,18-20,33-34,36-37H,6,13-14,17,21-26H2,1-5H3,(H2,41,50,51)(H2,42,52,53)/q+1.